The molecule has 0 aromatic heterocycles. The highest BCUT2D eigenvalue weighted by atomic mass is 15.1. The maximum atomic E-state index is 2.45. The SMILES string of the molecule is c1ccc(-c2cc(-c3ccccc3)cc(N(c3ccc(-c4ccc5c(ccc6ccccc65)c4)cc3)c3ccccc3-c3ccccc3-c3ccccc3-c3ccccc3)c2)cc1. The van der Waals surface area contributed by atoms with Crippen LogP contribution in [0.25, 0.3) is 88.3 Å². The molecule has 11 rings (SSSR count). The second kappa shape index (κ2) is 16.7. The van der Waals surface area contributed by atoms with Crippen LogP contribution in [0.5, 0.6) is 0 Å². The van der Waals surface area contributed by atoms with Crippen molar-refractivity contribution in [3.8, 4) is 66.8 Å². The standard InChI is InChI=1S/C62H43N/c1-4-18-44(19-5-1)51-41-52(45-20-6-2-7-21-45)43-54(42-51)63(53-37-34-46(35-38-53)49-36-39-57-50(40-49)33-32-48-24-10-11-25-55(48)57)62-31-17-16-30-61(62)60-29-15-14-28-59(60)58-27-13-12-26-56(58)47-22-8-3-9-23-47/h1-43H. The Labute approximate surface area is 369 Å². The summed E-state index contributed by atoms with van der Waals surface area (Å²) >= 11 is 0. The number of anilines is 3. The highest BCUT2D eigenvalue weighted by Crippen LogP contribution is 2.47. The number of hydrogen-bond donors (Lipinski definition) is 0. The molecule has 1 nitrogen and oxygen atoms in total. The largest absolute Gasteiger partial charge is 0.310 e. The maximum Gasteiger partial charge on any atom is 0.0540 e. The molecule has 0 aliphatic rings. The molecule has 0 amide bonds. The fraction of sp³-hybridized carbons (Fsp3) is 0. The molecule has 11 aromatic carbocycles. The normalized spacial score (nSPS) is 11.2. The molecule has 0 spiro atoms. The Morgan fingerprint density at radius 2 is 0.651 bits per heavy atom. The summed E-state index contributed by atoms with van der Waals surface area (Å²) in [5, 5.41) is 5.06. The minimum atomic E-state index is 1.07. The van der Waals surface area contributed by atoms with Crippen molar-refractivity contribution in [1.82, 2.24) is 0 Å². The van der Waals surface area contributed by atoms with Crippen molar-refractivity contribution in [2.75, 3.05) is 4.90 Å². The van der Waals surface area contributed by atoms with Crippen LogP contribution in [0.4, 0.5) is 17.1 Å². The fourth-order valence-electron chi connectivity index (χ4n) is 9.19. The van der Waals surface area contributed by atoms with Crippen LogP contribution in [-0.4, -0.2) is 0 Å². The molecule has 0 saturated carbocycles. The molecular formula is C62H43N. The zero-order valence-corrected chi connectivity index (χ0v) is 34.8. The molecule has 0 aliphatic heterocycles. The third kappa shape index (κ3) is 7.37. The number of nitrogens with zero attached hydrogens (tertiary/aromatic N) is 1. The summed E-state index contributed by atoms with van der Waals surface area (Å²) in [4.78, 5) is 2.45. The summed E-state index contributed by atoms with van der Waals surface area (Å²) in [6, 6.07) is 94.8. The average molecular weight is 802 g/mol. The van der Waals surface area contributed by atoms with Crippen molar-refractivity contribution in [1.29, 1.82) is 0 Å². The average Bonchev–Trinajstić information content (AvgIpc) is 3.37. The highest BCUT2D eigenvalue weighted by molar-refractivity contribution is 6.08. The van der Waals surface area contributed by atoms with Crippen molar-refractivity contribution < 1.29 is 0 Å². The van der Waals surface area contributed by atoms with E-state index in [1.54, 1.807) is 0 Å². The lowest BCUT2D eigenvalue weighted by molar-refractivity contribution is 1.28. The van der Waals surface area contributed by atoms with Crippen LogP contribution >= 0.6 is 0 Å². The quantitative estimate of drug-likeness (QED) is 0.131. The monoisotopic (exact) mass is 801 g/mol. The van der Waals surface area contributed by atoms with Crippen molar-refractivity contribution in [3.05, 3.63) is 261 Å². The van der Waals surface area contributed by atoms with E-state index in [0.717, 1.165) is 33.8 Å². The van der Waals surface area contributed by atoms with Crippen LogP contribution < -0.4 is 4.90 Å². The third-order valence-electron chi connectivity index (χ3n) is 12.3. The first-order chi connectivity index (χ1) is 31.2. The summed E-state index contributed by atoms with van der Waals surface area (Å²) in [6.07, 6.45) is 0. The molecule has 1 heteroatoms. The first-order valence-corrected chi connectivity index (χ1v) is 21.7. The molecule has 63 heavy (non-hydrogen) atoms. The third-order valence-corrected chi connectivity index (χ3v) is 12.3. The minimum Gasteiger partial charge on any atom is -0.310 e. The summed E-state index contributed by atoms with van der Waals surface area (Å²) in [6.45, 7) is 0. The fourth-order valence-corrected chi connectivity index (χ4v) is 9.19. The van der Waals surface area contributed by atoms with Crippen molar-refractivity contribution >= 4 is 38.6 Å². The van der Waals surface area contributed by atoms with E-state index in [0.29, 0.717) is 0 Å². The molecule has 11 aromatic rings. The van der Waals surface area contributed by atoms with Gasteiger partial charge in [-0.2, -0.15) is 0 Å². The molecule has 0 fully saturated rings. The second-order valence-electron chi connectivity index (χ2n) is 16.1. The number of para-hydroxylation sites is 1. The molecule has 0 heterocycles. The van der Waals surface area contributed by atoms with E-state index in [4.69, 9.17) is 0 Å². The summed E-state index contributed by atoms with van der Waals surface area (Å²) in [7, 11) is 0. The Balaban J connectivity index is 1.10. The smallest absolute Gasteiger partial charge is 0.0540 e. The lowest BCUT2D eigenvalue weighted by Crippen LogP contribution is -2.12. The van der Waals surface area contributed by atoms with Gasteiger partial charge in [-0.05, 0) is 125 Å². The number of rotatable bonds is 9. The van der Waals surface area contributed by atoms with Crippen molar-refractivity contribution in [2.45, 2.75) is 0 Å². The van der Waals surface area contributed by atoms with E-state index in [1.807, 2.05) is 0 Å². The summed E-state index contributed by atoms with van der Waals surface area (Å²) in [5.41, 5.74) is 17.4. The van der Waals surface area contributed by atoms with Gasteiger partial charge in [0.25, 0.3) is 0 Å². The van der Waals surface area contributed by atoms with Crippen LogP contribution in [0, 0.1) is 0 Å². The summed E-state index contributed by atoms with van der Waals surface area (Å²) < 4.78 is 0. The first-order valence-electron chi connectivity index (χ1n) is 21.7. The van der Waals surface area contributed by atoms with Crippen LogP contribution in [0.1, 0.15) is 0 Å². The van der Waals surface area contributed by atoms with E-state index in [-0.39, 0.29) is 0 Å². The Morgan fingerprint density at radius 3 is 1.30 bits per heavy atom. The molecule has 0 radical (unpaired) electrons. The number of benzene rings is 11. The van der Waals surface area contributed by atoms with E-state index in [9.17, 15) is 0 Å². The van der Waals surface area contributed by atoms with Gasteiger partial charge in [-0.15, -0.1) is 0 Å². The van der Waals surface area contributed by atoms with E-state index >= 15 is 0 Å². The van der Waals surface area contributed by atoms with Gasteiger partial charge in [0.2, 0.25) is 0 Å². The molecule has 0 unspecified atom stereocenters. The second-order valence-corrected chi connectivity index (χ2v) is 16.1. The zero-order chi connectivity index (χ0) is 42.0. The topological polar surface area (TPSA) is 3.24 Å². The van der Waals surface area contributed by atoms with Gasteiger partial charge in [-0.1, -0.05) is 218 Å². The van der Waals surface area contributed by atoms with Gasteiger partial charge < -0.3 is 4.90 Å². The van der Waals surface area contributed by atoms with Crippen LogP contribution in [0.3, 0.4) is 0 Å². The van der Waals surface area contributed by atoms with Gasteiger partial charge in [0.05, 0.1) is 5.69 Å². The Kier molecular flexibility index (Phi) is 9.97. The Morgan fingerprint density at radius 1 is 0.206 bits per heavy atom. The molecule has 0 atom stereocenters. The van der Waals surface area contributed by atoms with E-state index < -0.39 is 0 Å². The van der Waals surface area contributed by atoms with Gasteiger partial charge in [0.1, 0.15) is 0 Å². The highest BCUT2D eigenvalue weighted by Gasteiger charge is 2.22. The molecule has 0 N–H and O–H groups in total. The Bertz CT molecular complexity index is 3310. The van der Waals surface area contributed by atoms with Gasteiger partial charge in [-0.25, -0.2) is 0 Å². The predicted molar refractivity (Wildman–Crippen MR) is 269 cm³/mol. The molecule has 0 bridgehead atoms. The Hall–Kier alpha value is -8.26. The zero-order valence-electron chi connectivity index (χ0n) is 34.8. The van der Waals surface area contributed by atoms with Crippen molar-refractivity contribution in [3.63, 3.8) is 0 Å². The molecule has 296 valence electrons. The lowest BCUT2D eigenvalue weighted by atomic mass is 9.88. The lowest BCUT2D eigenvalue weighted by Gasteiger charge is -2.29. The first kappa shape index (κ1) is 37.7. The van der Waals surface area contributed by atoms with Gasteiger partial charge in [-0.3, -0.25) is 0 Å². The van der Waals surface area contributed by atoms with E-state index in [2.05, 4.69) is 266 Å². The van der Waals surface area contributed by atoms with Gasteiger partial charge >= 0.3 is 0 Å². The van der Waals surface area contributed by atoms with Crippen molar-refractivity contribution in [2.24, 2.45) is 0 Å². The molecular weight excluding hydrogens is 759 g/mol. The van der Waals surface area contributed by atoms with Crippen LogP contribution in [0.2, 0.25) is 0 Å². The summed E-state index contributed by atoms with van der Waals surface area (Å²) in [5.74, 6) is 0. The predicted octanol–water partition coefficient (Wildman–Crippen LogP) is 17.5. The van der Waals surface area contributed by atoms with Gasteiger partial charge in [0, 0.05) is 16.9 Å². The van der Waals surface area contributed by atoms with E-state index in [1.165, 1.54) is 71.6 Å². The molecule has 0 aliphatic carbocycles. The van der Waals surface area contributed by atoms with Crippen LogP contribution in [-0.2, 0) is 0 Å². The van der Waals surface area contributed by atoms with Crippen LogP contribution in [0.15, 0.2) is 261 Å². The number of hydrogen-bond acceptors (Lipinski definition) is 1. The molecule has 0 saturated heterocycles. The maximum absolute atomic E-state index is 2.45. The van der Waals surface area contributed by atoms with Gasteiger partial charge in [0.15, 0.2) is 0 Å². The number of fused-ring (bicyclic) bond motifs is 3. The minimum absolute atomic E-state index is 1.07.